The SMILES string of the molecule is Cc1nc2ccccc2n1CCNC(=O)c1ccccc1SCC(=O)Nc1ccc(F)cc1. The Bertz CT molecular complexity index is 1290. The summed E-state index contributed by atoms with van der Waals surface area (Å²) in [5, 5.41) is 5.69. The molecule has 33 heavy (non-hydrogen) atoms. The minimum absolute atomic E-state index is 0.127. The summed E-state index contributed by atoms with van der Waals surface area (Å²) in [6.07, 6.45) is 0. The van der Waals surface area contributed by atoms with Crippen LogP contribution in [0.15, 0.2) is 77.7 Å². The van der Waals surface area contributed by atoms with E-state index in [1.807, 2.05) is 43.3 Å². The number of para-hydroxylation sites is 2. The fourth-order valence-electron chi connectivity index (χ4n) is 3.51. The quantitative estimate of drug-likeness (QED) is 0.374. The third-order valence-corrected chi connectivity index (χ3v) is 6.16. The van der Waals surface area contributed by atoms with Crippen LogP contribution in [0.1, 0.15) is 16.2 Å². The molecule has 4 aromatic rings. The molecule has 0 saturated carbocycles. The summed E-state index contributed by atoms with van der Waals surface area (Å²) < 4.78 is 15.1. The van der Waals surface area contributed by atoms with Gasteiger partial charge >= 0.3 is 0 Å². The molecular formula is C25H23FN4O2S. The molecule has 2 N–H and O–H groups in total. The van der Waals surface area contributed by atoms with Crippen LogP contribution in [0.5, 0.6) is 0 Å². The van der Waals surface area contributed by atoms with Crippen LogP contribution in [-0.2, 0) is 11.3 Å². The Morgan fingerprint density at radius 2 is 1.73 bits per heavy atom. The second-order valence-electron chi connectivity index (χ2n) is 7.40. The van der Waals surface area contributed by atoms with Crippen molar-refractivity contribution in [1.82, 2.24) is 14.9 Å². The van der Waals surface area contributed by atoms with Gasteiger partial charge in [0.1, 0.15) is 11.6 Å². The largest absolute Gasteiger partial charge is 0.350 e. The first-order valence-electron chi connectivity index (χ1n) is 10.5. The van der Waals surface area contributed by atoms with Crippen LogP contribution in [0.3, 0.4) is 0 Å². The molecule has 0 spiro atoms. The van der Waals surface area contributed by atoms with E-state index in [-0.39, 0.29) is 23.4 Å². The Hall–Kier alpha value is -3.65. The second-order valence-corrected chi connectivity index (χ2v) is 8.41. The maximum Gasteiger partial charge on any atom is 0.252 e. The van der Waals surface area contributed by atoms with Crippen molar-refractivity contribution in [1.29, 1.82) is 0 Å². The van der Waals surface area contributed by atoms with Gasteiger partial charge in [-0.3, -0.25) is 9.59 Å². The number of imidazole rings is 1. The van der Waals surface area contributed by atoms with Crippen molar-refractivity contribution in [3.05, 3.63) is 90.0 Å². The second kappa shape index (κ2) is 10.3. The molecule has 0 saturated heterocycles. The van der Waals surface area contributed by atoms with Crippen molar-refractivity contribution in [3.63, 3.8) is 0 Å². The van der Waals surface area contributed by atoms with E-state index in [1.54, 1.807) is 12.1 Å². The molecule has 4 rings (SSSR count). The zero-order chi connectivity index (χ0) is 23.2. The maximum atomic E-state index is 13.0. The summed E-state index contributed by atoms with van der Waals surface area (Å²) in [5.41, 5.74) is 3.01. The summed E-state index contributed by atoms with van der Waals surface area (Å²) in [7, 11) is 0. The first-order chi connectivity index (χ1) is 16.0. The molecule has 0 atom stereocenters. The third-order valence-electron chi connectivity index (χ3n) is 5.08. The Morgan fingerprint density at radius 1 is 1.00 bits per heavy atom. The molecule has 6 nitrogen and oxygen atoms in total. The van der Waals surface area contributed by atoms with E-state index in [2.05, 4.69) is 20.2 Å². The van der Waals surface area contributed by atoms with Gasteiger partial charge in [-0.2, -0.15) is 0 Å². The molecule has 3 aromatic carbocycles. The molecule has 0 unspecified atom stereocenters. The lowest BCUT2D eigenvalue weighted by atomic mass is 10.2. The number of fused-ring (bicyclic) bond motifs is 1. The molecule has 0 fully saturated rings. The smallest absolute Gasteiger partial charge is 0.252 e. The fourth-order valence-corrected chi connectivity index (χ4v) is 4.36. The molecule has 2 amide bonds. The van der Waals surface area contributed by atoms with Crippen LogP contribution in [0.2, 0.25) is 0 Å². The van der Waals surface area contributed by atoms with Crippen molar-refractivity contribution >= 4 is 40.3 Å². The molecule has 0 bridgehead atoms. The van der Waals surface area contributed by atoms with Crippen LogP contribution >= 0.6 is 11.8 Å². The standard InChI is InChI=1S/C25H23FN4O2S/c1-17-28-21-7-3-4-8-22(21)30(17)15-14-27-25(32)20-6-2-5-9-23(20)33-16-24(31)29-19-12-10-18(26)11-13-19/h2-13H,14-16H2,1H3,(H,27,32)(H,29,31). The van der Waals surface area contributed by atoms with E-state index in [9.17, 15) is 14.0 Å². The maximum absolute atomic E-state index is 13.0. The lowest BCUT2D eigenvalue weighted by Crippen LogP contribution is -2.28. The van der Waals surface area contributed by atoms with E-state index in [1.165, 1.54) is 36.0 Å². The average Bonchev–Trinajstić information content (AvgIpc) is 3.14. The minimum Gasteiger partial charge on any atom is -0.350 e. The highest BCUT2D eigenvalue weighted by atomic mass is 32.2. The normalized spacial score (nSPS) is 10.8. The van der Waals surface area contributed by atoms with Gasteiger partial charge < -0.3 is 15.2 Å². The van der Waals surface area contributed by atoms with Crippen LogP contribution in [0.25, 0.3) is 11.0 Å². The van der Waals surface area contributed by atoms with Gasteiger partial charge in [-0.25, -0.2) is 9.37 Å². The van der Waals surface area contributed by atoms with E-state index in [0.29, 0.717) is 29.2 Å². The Balaban J connectivity index is 1.34. The van der Waals surface area contributed by atoms with Gasteiger partial charge in [0.05, 0.1) is 22.3 Å². The van der Waals surface area contributed by atoms with Gasteiger partial charge in [-0.15, -0.1) is 11.8 Å². The van der Waals surface area contributed by atoms with E-state index in [0.717, 1.165) is 16.9 Å². The van der Waals surface area contributed by atoms with E-state index in [4.69, 9.17) is 0 Å². The van der Waals surface area contributed by atoms with Crippen molar-refractivity contribution in [3.8, 4) is 0 Å². The monoisotopic (exact) mass is 462 g/mol. The predicted octanol–water partition coefficient (Wildman–Crippen LogP) is 4.64. The number of nitrogens with zero attached hydrogens (tertiary/aromatic N) is 2. The van der Waals surface area contributed by atoms with Crippen molar-refractivity contribution < 1.29 is 14.0 Å². The van der Waals surface area contributed by atoms with Gasteiger partial charge in [-0.05, 0) is 55.5 Å². The molecule has 168 valence electrons. The van der Waals surface area contributed by atoms with Gasteiger partial charge in [0.25, 0.3) is 5.91 Å². The predicted molar refractivity (Wildman–Crippen MR) is 129 cm³/mol. The number of anilines is 1. The Morgan fingerprint density at radius 3 is 2.55 bits per heavy atom. The topological polar surface area (TPSA) is 76.0 Å². The van der Waals surface area contributed by atoms with Gasteiger partial charge in [0.15, 0.2) is 0 Å². The number of aromatic nitrogens is 2. The van der Waals surface area contributed by atoms with Crippen LogP contribution in [0.4, 0.5) is 10.1 Å². The molecule has 0 aliphatic carbocycles. The number of aryl methyl sites for hydroxylation is 1. The lowest BCUT2D eigenvalue weighted by Gasteiger charge is -2.11. The number of hydrogen-bond acceptors (Lipinski definition) is 4. The zero-order valence-electron chi connectivity index (χ0n) is 18.0. The van der Waals surface area contributed by atoms with Gasteiger partial charge in [0.2, 0.25) is 5.91 Å². The Kier molecular flexibility index (Phi) is 7.04. The molecular weight excluding hydrogens is 439 g/mol. The number of nitrogens with one attached hydrogen (secondary N) is 2. The number of thioether (sulfide) groups is 1. The third kappa shape index (κ3) is 5.59. The number of carbonyl (C=O) groups is 2. The van der Waals surface area contributed by atoms with E-state index < -0.39 is 0 Å². The molecule has 0 aliphatic rings. The molecule has 1 aromatic heterocycles. The average molecular weight is 463 g/mol. The van der Waals surface area contributed by atoms with Gasteiger partial charge in [0, 0.05) is 23.7 Å². The molecule has 0 aliphatic heterocycles. The summed E-state index contributed by atoms with van der Waals surface area (Å²) >= 11 is 1.28. The van der Waals surface area contributed by atoms with Gasteiger partial charge in [-0.1, -0.05) is 24.3 Å². The molecule has 1 heterocycles. The number of amides is 2. The highest BCUT2D eigenvalue weighted by Crippen LogP contribution is 2.23. The highest BCUT2D eigenvalue weighted by molar-refractivity contribution is 8.00. The Labute approximate surface area is 195 Å². The summed E-state index contributed by atoms with van der Waals surface area (Å²) in [6, 6.07) is 20.7. The first kappa shape index (κ1) is 22.5. The van der Waals surface area contributed by atoms with Crippen molar-refractivity contribution in [2.24, 2.45) is 0 Å². The number of benzene rings is 3. The molecule has 8 heteroatoms. The molecule has 0 radical (unpaired) electrons. The van der Waals surface area contributed by atoms with Crippen LogP contribution < -0.4 is 10.6 Å². The number of hydrogen-bond donors (Lipinski definition) is 2. The van der Waals surface area contributed by atoms with E-state index >= 15 is 0 Å². The van der Waals surface area contributed by atoms with Crippen molar-refractivity contribution in [2.75, 3.05) is 17.6 Å². The minimum atomic E-state index is -0.362. The first-order valence-corrected chi connectivity index (χ1v) is 11.5. The summed E-state index contributed by atoms with van der Waals surface area (Å²) in [4.78, 5) is 30.3. The van der Waals surface area contributed by atoms with Crippen molar-refractivity contribution in [2.45, 2.75) is 18.4 Å². The highest BCUT2D eigenvalue weighted by Gasteiger charge is 2.13. The zero-order valence-corrected chi connectivity index (χ0v) is 18.9. The van der Waals surface area contributed by atoms with Crippen LogP contribution in [-0.4, -0.2) is 33.7 Å². The number of carbonyl (C=O) groups excluding carboxylic acids is 2. The summed E-state index contributed by atoms with van der Waals surface area (Å²) in [6.45, 7) is 3.00. The fraction of sp³-hybridized carbons (Fsp3) is 0.160. The number of halogens is 1. The lowest BCUT2D eigenvalue weighted by molar-refractivity contribution is -0.113. The summed E-state index contributed by atoms with van der Waals surface area (Å²) in [5.74, 6) is 0.234. The van der Waals surface area contributed by atoms with Crippen LogP contribution in [0, 0.1) is 12.7 Å². The number of rotatable bonds is 8.